The van der Waals surface area contributed by atoms with Crippen LogP contribution in [0.25, 0.3) is 0 Å². The highest BCUT2D eigenvalue weighted by Gasteiger charge is 2.18. The lowest BCUT2D eigenvalue weighted by atomic mass is 10.2. The van der Waals surface area contributed by atoms with Crippen LogP contribution in [-0.2, 0) is 20.2 Å². The molecule has 0 aliphatic carbocycles. The normalized spacial score (nSPS) is 10.9. The number of carbonyl (C=O) groups excluding carboxylic acids is 1. The van der Waals surface area contributed by atoms with Crippen LogP contribution in [0.3, 0.4) is 0 Å². The van der Waals surface area contributed by atoms with E-state index in [9.17, 15) is 4.79 Å². The maximum atomic E-state index is 12.8. The fourth-order valence-corrected chi connectivity index (χ4v) is 3.99. The molecule has 0 atom stereocenters. The molecule has 0 saturated heterocycles. The first kappa shape index (κ1) is 20.4. The lowest BCUT2D eigenvalue weighted by Crippen LogP contribution is -2.26. The van der Waals surface area contributed by atoms with E-state index in [2.05, 4.69) is 5.10 Å². The Morgan fingerprint density at radius 2 is 2.04 bits per heavy atom. The summed E-state index contributed by atoms with van der Waals surface area (Å²) in [5.74, 6) is 0.766. The predicted molar refractivity (Wildman–Crippen MR) is 113 cm³/mol. The molecule has 1 amide bonds. The van der Waals surface area contributed by atoms with E-state index in [1.807, 2.05) is 69.2 Å². The molecule has 0 fully saturated rings. The van der Waals surface area contributed by atoms with E-state index in [0.717, 1.165) is 38.9 Å². The van der Waals surface area contributed by atoms with Crippen LogP contribution in [0.2, 0.25) is 5.02 Å². The summed E-state index contributed by atoms with van der Waals surface area (Å²) in [5, 5.41) is 7.10. The van der Waals surface area contributed by atoms with Gasteiger partial charge in [-0.2, -0.15) is 5.10 Å². The molecule has 0 N–H and O–H groups in total. The van der Waals surface area contributed by atoms with Crippen molar-refractivity contribution in [2.45, 2.75) is 33.9 Å². The van der Waals surface area contributed by atoms with Gasteiger partial charge in [-0.15, -0.1) is 11.3 Å². The molecule has 1 aromatic carbocycles. The molecule has 28 heavy (non-hydrogen) atoms. The summed E-state index contributed by atoms with van der Waals surface area (Å²) >= 11 is 7.48. The van der Waals surface area contributed by atoms with Gasteiger partial charge in [-0.1, -0.05) is 11.6 Å². The Balaban J connectivity index is 1.63. The molecule has 7 heteroatoms. The number of thiophene rings is 1. The lowest BCUT2D eigenvalue weighted by molar-refractivity contribution is 0.0789. The summed E-state index contributed by atoms with van der Waals surface area (Å²) < 4.78 is 7.67. The van der Waals surface area contributed by atoms with E-state index in [1.54, 1.807) is 4.90 Å². The van der Waals surface area contributed by atoms with E-state index < -0.39 is 0 Å². The number of hydrogen-bond donors (Lipinski definition) is 0. The van der Waals surface area contributed by atoms with Gasteiger partial charge in [0.2, 0.25) is 0 Å². The van der Waals surface area contributed by atoms with Gasteiger partial charge in [0.05, 0.1) is 10.6 Å². The van der Waals surface area contributed by atoms with E-state index in [0.29, 0.717) is 18.0 Å². The van der Waals surface area contributed by atoms with E-state index in [1.165, 1.54) is 11.3 Å². The molecule has 148 valence electrons. The molecule has 3 rings (SSSR count). The summed E-state index contributed by atoms with van der Waals surface area (Å²) in [7, 11) is 3.74. The molecule has 5 nitrogen and oxygen atoms in total. The number of hydrogen-bond acceptors (Lipinski definition) is 4. The summed E-state index contributed by atoms with van der Waals surface area (Å²) in [5.41, 5.74) is 5.08. The number of aromatic nitrogens is 2. The van der Waals surface area contributed by atoms with Crippen molar-refractivity contribution >= 4 is 28.8 Å². The maximum Gasteiger partial charge on any atom is 0.263 e. The third-order valence-corrected chi connectivity index (χ3v) is 6.19. The van der Waals surface area contributed by atoms with Gasteiger partial charge in [-0.3, -0.25) is 9.48 Å². The molecule has 0 aliphatic rings. The standard InChI is InChI=1S/C21H24ClN3O2S/c1-13-8-17(6-7-19(13)22)27-11-16-9-20(28-12-16)21(26)24(4)10-18-14(2)23-25(5)15(18)3/h6-9,12H,10-11H2,1-5H3. The zero-order valence-corrected chi connectivity index (χ0v) is 18.3. The second kappa shape index (κ2) is 8.37. The summed E-state index contributed by atoms with van der Waals surface area (Å²) in [4.78, 5) is 15.2. The molecule has 0 bridgehead atoms. The Hall–Kier alpha value is -2.31. The second-order valence-electron chi connectivity index (χ2n) is 6.95. The number of ether oxygens (including phenoxy) is 1. The zero-order chi connectivity index (χ0) is 20.4. The number of benzene rings is 1. The molecule has 0 spiro atoms. The summed E-state index contributed by atoms with van der Waals surface area (Å²) in [6, 6.07) is 7.48. The Morgan fingerprint density at radius 3 is 2.68 bits per heavy atom. The molecular formula is C21H24ClN3O2S. The Bertz CT molecular complexity index is 1010. The highest BCUT2D eigenvalue weighted by molar-refractivity contribution is 7.12. The highest BCUT2D eigenvalue weighted by atomic mass is 35.5. The van der Waals surface area contributed by atoms with Crippen molar-refractivity contribution in [3.8, 4) is 5.75 Å². The van der Waals surface area contributed by atoms with Crippen LogP contribution in [0.4, 0.5) is 0 Å². The maximum absolute atomic E-state index is 12.8. The largest absolute Gasteiger partial charge is 0.489 e. The number of carbonyl (C=O) groups is 1. The molecular weight excluding hydrogens is 394 g/mol. The smallest absolute Gasteiger partial charge is 0.263 e. The first-order valence-electron chi connectivity index (χ1n) is 8.97. The Labute approximate surface area is 174 Å². The average molecular weight is 418 g/mol. The van der Waals surface area contributed by atoms with Crippen LogP contribution in [0, 0.1) is 20.8 Å². The van der Waals surface area contributed by atoms with Crippen LogP contribution in [0.1, 0.15) is 37.7 Å². The van der Waals surface area contributed by atoms with Crippen molar-refractivity contribution in [1.29, 1.82) is 0 Å². The zero-order valence-electron chi connectivity index (χ0n) is 16.7. The van der Waals surface area contributed by atoms with Gasteiger partial charge >= 0.3 is 0 Å². The number of aryl methyl sites for hydroxylation is 3. The molecule has 0 radical (unpaired) electrons. The molecule has 0 aliphatic heterocycles. The van der Waals surface area contributed by atoms with E-state index in [4.69, 9.17) is 16.3 Å². The second-order valence-corrected chi connectivity index (χ2v) is 8.27. The fourth-order valence-electron chi connectivity index (χ4n) is 2.98. The molecule has 2 aromatic heterocycles. The van der Waals surface area contributed by atoms with Crippen molar-refractivity contribution in [1.82, 2.24) is 14.7 Å². The van der Waals surface area contributed by atoms with Gasteiger partial charge in [0.15, 0.2) is 0 Å². The van der Waals surface area contributed by atoms with Crippen molar-refractivity contribution in [2.75, 3.05) is 7.05 Å². The predicted octanol–water partition coefficient (Wildman–Crippen LogP) is 4.91. The van der Waals surface area contributed by atoms with Crippen molar-refractivity contribution in [2.24, 2.45) is 7.05 Å². The minimum atomic E-state index is 0.00115. The van der Waals surface area contributed by atoms with Gasteiger partial charge in [0, 0.05) is 42.5 Å². The third kappa shape index (κ3) is 4.39. The van der Waals surface area contributed by atoms with Crippen molar-refractivity contribution in [3.05, 3.63) is 67.6 Å². The number of amides is 1. The third-order valence-electron chi connectivity index (χ3n) is 4.80. The SMILES string of the molecule is Cc1cc(OCc2csc(C(=O)N(C)Cc3c(C)nn(C)c3C)c2)ccc1Cl. The van der Waals surface area contributed by atoms with Gasteiger partial charge in [-0.25, -0.2) is 0 Å². The van der Waals surface area contributed by atoms with Crippen molar-refractivity contribution in [3.63, 3.8) is 0 Å². The van der Waals surface area contributed by atoms with Gasteiger partial charge < -0.3 is 9.64 Å². The number of nitrogens with zero attached hydrogens (tertiary/aromatic N) is 3. The summed E-state index contributed by atoms with van der Waals surface area (Å²) in [6.45, 7) is 6.89. The van der Waals surface area contributed by atoms with Crippen LogP contribution in [0.15, 0.2) is 29.6 Å². The fraction of sp³-hybridized carbons (Fsp3) is 0.333. The van der Waals surface area contributed by atoms with Crippen molar-refractivity contribution < 1.29 is 9.53 Å². The Kier molecular flexibility index (Phi) is 6.10. The average Bonchev–Trinajstić information content (AvgIpc) is 3.22. The van der Waals surface area contributed by atoms with E-state index >= 15 is 0 Å². The first-order chi connectivity index (χ1) is 13.3. The first-order valence-corrected chi connectivity index (χ1v) is 10.2. The highest BCUT2D eigenvalue weighted by Crippen LogP contribution is 2.24. The lowest BCUT2D eigenvalue weighted by Gasteiger charge is -2.16. The van der Waals surface area contributed by atoms with Gasteiger partial charge in [-0.05, 0) is 56.0 Å². The monoisotopic (exact) mass is 417 g/mol. The van der Waals surface area contributed by atoms with Crippen LogP contribution in [-0.4, -0.2) is 27.6 Å². The van der Waals surface area contributed by atoms with Crippen LogP contribution < -0.4 is 4.74 Å². The molecule has 2 heterocycles. The van der Waals surface area contributed by atoms with E-state index in [-0.39, 0.29) is 5.91 Å². The topological polar surface area (TPSA) is 47.4 Å². The number of halogens is 1. The van der Waals surface area contributed by atoms with Crippen LogP contribution in [0.5, 0.6) is 5.75 Å². The molecule has 0 saturated carbocycles. The quantitative estimate of drug-likeness (QED) is 0.572. The minimum Gasteiger partial charge on any atom is -0.489 e. The minimum absolute atomic E-state index is 0.00115. The Morgan fingerprint density at radius 1 is 1.29 bits per heavy atom. The van der Waals surface area contributed by atoms with Crippen LogP contribution >= 0.6 is 22.9 Å². The van der Waals surface area contributed by atoms with Gasteiger partial charge in [0.25, 0.3) is 5.91 Å². The summed E-state index contributed by atoms with van der Waals surface area (Å²) in [6.07, 6.45) is 0. The number of rotatable bonds is 6. The molecule has 3 aromatic rings. The van der Waals surface area contributed by atoms with Gasteiger partial charge in [0.1, 0.15) is 12.4 Å². The molecule has 0 unspecified atom stereocenters.